The Hall–Kier alpha value is -1.35. The van der Waals surface area contributed by atoms with Crippen LogP contribution in [0.3, 0.4) is 0 Å². The number of rotatable bonds is 3. The minimum atomic E-state index is -0.484. The van der Waals surface area contributed by atoms with Crippen LogP contribution >= 0.6 is 15.9 Å². The Balaban J connectivity index is 2.93. The first-order valence-corrected chi connectivity index (χ1v) is 5.55. The van der Waals surface area contributed by atoms with E-state index >= 15 is 0 Å². The van der Waals surface area contributed by atoms with Gasteiger partial charge in [-0.15, -0.1) is 0 Å². The van der Waals surface area contributed by atoms with Crippen molar-refractivity contribution in [3.05, 3.63) is 31.5 Å². The first-order chi connectivity index (χ1) is 7.35. The summed E-state index contributed by atoms with van der Waals surface area (Å²) in [5.74, 6) is 0. The molecule has 6 heteroatoms. The van der Waals surface area contributed by atoms with Gasteiger partial charge in [0.2, 0.25) is 0 Å². The maximum atomic E-state index is 11.4. The molecule has 0 aliphatic carbocycles. The van der Waals surface area contributed by atoms with Crippen molar-refractivity contribution in [1.82, 2.24) is 9.55 Å². The molecule has 0 aliphatic heterocycles. The van der Waals surface area contributed by atoms with Gasteiger partial charge in [-0.05, 0) is 36.2 Å². The van der Waals surface area contributed by atoms with E-state index in [1.165, 1.54) is 10.8 Å². The lowest BCUT2D eigenvalue weighted by Crippen LogP contribution is -2.30. The van der Waals surface area contributed by atoms with E-state index in [9.17, 15) is 9.59 Å². The highest BCUT2D eigenvalue weighted by Crippen LogP contribution is 2.18. The zero-order valence-corrected chi connectivity index (χ0v) is 10.7. The van der Waals surface area contributed by atoms with Crippen molar-refractivity contribution in [3.8, 4) is 6.07 Å². The van der Waals surface area contributed by atoms with Crippen LogP contribution in [0.2, 0.25) is 0 Å². The molecular formula is C10H12BrN3O2. The highest BCUT2D eigenvalue weighted by atomic mass is 79.9. The van der Waals surface area contributed by atoms with Gasteiger partial charge in [0.1, 0.15) is 0 Å². The van der Waals surface area contributed by atoms with Crippen molar-refractivity contribution in [2.75, 3.05) is 0 Å². The van der Waals surface area contributed by atoms with E-state index in [2.05, 4.69) is 27.0 Å². The Morgan fingerprint density at radius 1 is 1.56 bits per heavy atom. The number of nitrogens with one attached hydrogen (secondary N) is 1. The average Bonchev–Trinajstić information content (AvgIpc) is 2.22. The van der Waals surface area contributed by atoms with Crippen molar-refractivity contribution >= 4 is 15.9 Å². The molecule has 0 aromatic carbocycles. The van der Waals surface area contributed by atoms with E-state index in [1.807, 2.05) is 0 Å². The van der Waals surface area contributed by atoms with Crippen LogP contribution in [-0.2, 0) is 6.54 Å². The van der Waals surface area contributed by atoms with Crippen LogP contribution in [0.25, 0.3) is 0 Å². The van der Waals surface area contributed by atoms with Gasteiger partial charge in [0.15, 0.2) is 0 Å². The lowest BCUT2D eigenvalue weighted by molar-refractivity contribution is 0.406. The summed E-state index contributed by atoms with van der Waals surface area (Å²) in [5.41, 5.74) is -1.38. The Morgan fingerprint density at radius 2 is 2.19 bits per heavy atom. The molecule has 1 aromatic rings. The van der Waals surface area contributed by atoms with Gasteiger partial charge >= 0.3 is 5.69 Å². The van der Waals surface area contributed by atoms with Crippen LogP contribution in [0.15, 0.2) is 20.3 Å². The van der Waals surface area contributed by atoms with Gasteiger partial charge in [-0.2, -0.15) is 5.26 Å². The third kappa shape index (κ3) is 3.07. The van der Waals surface area contributed by atoms with Gasteiger partial charge in [-0.3, -0.25) is 14.3 Å². The smallest absolute Gasteiger partial charge is 0.299 e. The van der Waals surface area contributed by atoms with Crippen LogP contribution in [0.5, 0.6) is 0 Å². The van der Waals surface area contributed by atoms with Gasteiger partial charge < -0.3 is 0 Å². The third-order valence-electron chi connectivity index (χ3n) is 2.25. The third-order valence-corrected chi connectivity index (χ3v) is 2.81. The number of nitriles is 1. The second kappa shape index (κ2) is 4.66. The standard InChI is InChI=1S/C10H12BrN3O2/c1-10(2,6-12)3-4-14-5-7(11)8(15)13-9(14)16/h5H,3-4H2,1-2H3,(H,13,15,16). The Morgan fingerprint density at radius 3 is 2.75 bits per heavy atom. The first kappa shape index (κ1) is 12.7. The van der Waals surface area contributed by atoms with Crippen LogP contribution in [0.4, 0.5) is 0 Å². The molecular weight excluding hydrogens is 274 g/mol. The topological polar surface area (TPSA) is 78.7 Å². The van der Waals surface area contributed by atoms with E-state index < -0.39 is 16.7 Å². The Labute approximate surface area is 101 Å². The average molecular weight is 286 g/mol. The van der Waals surface area contributed by atoms with Gasteiger partial charge in [0.05, 0.1) is 16.0 Å². The zero-order valence-electron chi connectivity index (χ0n) is 9.08. The second-order valence-electron chi connectivity index (χ2n) is 4.18. The van der Waals surface area contributed by atoms with Crippen LogP contribution in [0.1, 0.15) is 20.3 Å². The fourth-order valence-electron chi connectivity index (χ4n) is 1.10. The molecule has 0 radical (unpaired) electrons. The highest BCUT2D eigenvalue weighted by Gasteiger charge is 2.16. The predicted octanol–water partition coefficient (Wildman–Crippen LogP) is 1.24. The van der Waals surface area contributed by atoms with Crippen molar-refractivity contribution in [2.45, 2.75) is 26.8 Å². The van der Waals surface area contributed by atoms with Gasteiger partial charge in [-0.25, -0.2) is 4.79 Å². The SMILES string of the molecule is CC(C)(C#N)CCn1cc(Br)c(=O)[nH]c1=O. The van der Waals surface area contributed by atoms with E-state index in [0.29, 0.717) is 17.4 Å². The number of halogens is 1. The highest BCUT2D eigenvalue weighted by molar-refractivity contribution is 9.10. The summed E-state index contributed by atoms with van der Waals surface area (Å²) >= 11 is 3.05. The largest absolute Gasteiger partial charge is 0.328 e. The van der Waals surface area contributed by atoms with Crippen molar-refractivity contribution < 1.29 is 0 Å². The van der Waals surface area contributed by atoms with Crippen molar-refractivity contribution in [2.24, 2.45) is 5.41 Å². The number of aryl methyl sites for hydroxylation is 1. The minimum absolute atomic E-state index is 0.307. The number of hydrogen-bond acceptors (Lipinski definition) is 3. The molecule has 0 atom stereocenters. The molecule has 1 heterocycles. The second-order valence-corrected chi connectivity index (χ2v) is 5.03. The molecule has 0 saturated carbocycles. The summed E-state index contributed by atoms with van der Waals surface area (Å²) in [6, 6.07) is 2.16. The van der Waals surface area contributed by atoms with Crippen LogP contribution < -0.4 is 11.2 Å². The van der Waals surface area contributed by atoms with Gasteiger partial charge in [0, 0.05) is 12.7 Å². The first-order valence-electron chi connectivity index (χ1n) is 4.76. The number of hydrogen-bond donors (Lipinski definition) is 1. The summed E-state index contributed by atoms with van der Waals surface area (Å²) in [5, 5.41) is 8.84. The van der Waals surface area contributed by atoms with Crippen molar-refractivity contribution in [3.63, 3.8) is 0 Å². The van der Waals surface area contributed by atoms with E-state index in [1.54, 1.807) is 13.8 Å². The summed E-state index contributed by atoms with van der Waals surface area (Å²) in [6.07, 6.45) is 1.98. The molecule has 0 unspecified atom stereocenters. The molecule has 16 heavy (non-hydrogen) atoms. The lowest BCUT2D eigenvalue weighted by atomic mass is 9.91. The normalized spacial score (nSPS) is 11.1. The maximum absolute atomic E-state index is 11.4. The fourth-order valence-corrected chi connectivity index (χ4v) is 1.45. The van der Waals surface area contributed by atoms with E-state index in [-0.39, 0.29) is 0 Å². The summed E-state index contributed by atoms with van der Waals surface area (Å²) in [7, 11) is 0. The number of H-pyrrole nitrogens is 1. The predicted molar refractivity (Wildman–Crippen MR) is 63.0 cm³/mol. The molecule has 0 spiro atoms. The lowest BCUT2D eigenvalue weighted by Gasteiger charge is -2.15. The quantitative estimate of drug-likeness (QED) is 0.908. The zero-order chi connectivity index (χ0) is 12.3. The molecule has 0 aliphatic rings. The van der Waals surface area contributed by atoms with Crippen LogP contribution in [-0.4, -0.2) is 9.55 Å². The molecule has 86 valence electrons. The molecule has 1 N–H and O–H groups in total. The van der Waals surface area contributed by atoms with Crippen LogP contribution in [0, 0.1) is 16.7 Å². The Bertz CT molecular complexity index is 536. The van der Waals surface area contributed by atoms with Gasteiger partial charge in [0.25, 0.3) is 5.56 Å². The molecule has 0 bridgehead atoms. The molecule has 1 rings (SSSR count). The fraction of sp³-hybridized carbons (Fsp3) is 0.500. The molecule has 1 aromatic heterocycles. The summed E-state index contributed by atoms with van der Waals surface area (Å²) in [4.78, 5) is 24.7. The van der Waals surface area contributed by atoms with E-state index in [4.69, 9.17) is 5.26 Å². The van der Waals surface area contributed by atoms with E-state index in [0.717, 1.165) is 0 Å². The Kier molecular flexibility index (Phi) is 3.70. The minimum Gasteiger partial charge on any atom is -0.299 e. The van der Waals surface area contributed by atoms with Gasteiger partial charge in [-0.1, -0.05) is 0 Å². The number of aromatic amines is 1. The van der Waals surface area contributed by atoms with Crippen molar-refractivity contribution in [1.29, 1.82) is 5.26 Å². The molecule has 0 amide bonds. The summed E-state index contributed by atoms with van der Waals surface area (Å²) < 4.78 is 1.69. The number of nitrogens with zero attached hydrogens (tertiary/aromatic N) is 2. The molecule has 0 fully saturated rings. The molecule has 5 nitrogen and oxygen atoms in total. The molecule has 0 saturated heterocycles. The maximum Gasteiger partial charge on any atom is 0.328 e. The monoisotopic (exact) mass is 285 g/mol. The summed E-state index contributed by atoms with van der Waals surface area (Å²) in [6.45, 7) is 4.01. The number of aromatic nitrogens is 2.